The minimum Gasteiger partial charge on any atom is -0.352 e. The van der Waals surface area contributed by atoms with Crippen LogP contribution in [-0.2, 0) is 21.2 Å². The minimum atomic E-state index is -3.94. The van der Waals surface area contributed by atoms with Crippen LogP contribution < -0.4 is 10.6 Å². The second-order valence-corrected chi connectivity index (χ2v) is 10.2. The van der Waals surface area contributed by atoms with Gasteiger partial charge in [0.2, 0.25) is 15.9 Å². The van der Waals surface area contributed by atoms with Gasteiger partial charge in [-0.15, -0.1) is 0 Å². The molecule has 33 heavy (non-hydrogen) atoms. The van der Waals surface area contributed by atoms with E-state index in [4.69, 9.17) is 0 Å². The summed E-state index contributed by atoms with van der Waals surface area (Å²) in [6, 6.07) is 12.9. The van der Waals surface area contributed by atoms with Crippen molar-refractivity contribution in [3.8, 4) is 0 Å². The van der Waals surface area contributed by atoms with E-state index >= 15 is 0 Å². The molecular weight excluding hydrogens is 445 g/mol. The van der Waals surface area contributed by atoms with E-state index < -0.39 is 27.3 Å². The van der Waals surface area contributed by atoms with Crippen molar-refractivity contribution in [1.29, 1.82) is 0 Å². The van der Waals surface area contributed by atoms with Gasteiger partial charge in [0.15, 0.2) is 0 Å². The Labute approximate surface area is 193 Å². The summed E-state index contributed by atoms with van der Waals surface area (Å²) in [7, 11) is -3.94. The smallest absolute Gasteiger partial charge is 0.254 e. The lowest BCUT2D eigenvalue weighted by Crippen LogP contribution is -2.53. The molecule has 2 aromatic carbocycles. The Morgan fingerprint density at radius 2 is 1.82 bits per heavy atom. The monoisotopic (exact) mass is 473 g/mol. The topological polar surface area (TPSA) is 95.6 Å². The summed E-state index contributed by atoms with van der Waals surface area (Å²) >= 11 is 0. The molecule has 1 aliphatic heterocycles. The molecule has 1 saturated heterocycles. The van der Waals surface area contributed by atoms with Crippen molar-refractivity contribution in [2.24, 2.45) is 0 Å². The lowest BCUT2D eigenvalue weighted by molar-refractivity contribution is -0.118. The summed E-state index contributed by atoms with van der Waals surface area (Å²) in [6.45, 7) is 5.97. The van der Waals surface area contributed by atoms with Crippen molar-refractivity contribution in [3.05, 3.63) is 78.1 Å². The molecule has 0 atom stereocenters. The number of hydrogen-bond donors (Lipinski definition) is 2. The quantitative estimate of drug-likeness (QED) is 0.576. The number of nitrogens with zero attached hydrogens (tertiary/aromatic N) is 1. The molecule has 3 rings (SSSR count). The van der Waals surface area contributed by atoms with Gasteiger partial charge in [0.1, 0.15) is 5.82 Å². The van der Waals surface area contributed by atoms with Gasteiger partial charge >= 0.3 is 0 Å². The van der Waals surface area contributed by atoms with Crippen molar-refractivity contribution in [3.63, 3.8) is 0 Å². The van der Waals surface area contributed by atoms with E-state index in [1.165, 1.54) is 22.5 Å². The number of piperidine rings is 1. The third-order valence-corrected chi connectivity index (χ3v) is 7.70. The van der Waals surface area contributed by atoms with E-state index in [2.05, 4.69) is 17.2 Å². The summed E-state index contributed by atoms with van der Waals surface area (Å²) < 4.78 is 41.9. The number of benzene rings is 2. The SMILES string of the molecule is C=CC(=O)NC1(C)CCN(S(=O)(=O)c2ccc(C(=O)NCCc3ccccc3)c(F)c2)CC1. The Morgan fingerprint density at radius 3 is 2.42 bits per heavy atom. The Kier molecular flexibility index (Phi) is 7.65. The Hall–Kier alpha value is -3.04. The molecular formula is C24H28FN3O4S. The molecule has 0 saturated carbocycles. The largest absolute Gasteiger partial charge is 0.352 e. The average Bonchev–Trinajstić information content (AvgIpc) is 2.79. The van der Waals surface area contributed by atoms with Crippen LogP contribution >= 0.6 is 0 Å². The van der Waals surface area contributed by atoms with Gasteiger partial charge in [-0.1, -0.05) is 36.9 Å². The van der Waals surface area contributed by atoms with Crippen LogP contribution in [-0.4, -0.2) is 49.7 Å². The number of rotatable bonds is 8. The summed E-state index contributed by atoms with van der Waals surface area (Å²) in [4.78, 5) is 23.8. The summed E-state index contributed by atoms with van der Waals surface area (Å²) in [6.07, 6.45) is 2.60. The number of carbonyl (C=O) groups excluding carboxylic acids is 2. The summed E-state index contributed by atoms with van der Waals surface area (Å²) in [5.41, 5.74) is 0.298. The highest BCUT2D eigenvalue weighted by molar-refractivity contribution is 7.89. The summed E-state index contributed by atoms with van der Waals surface area (Å²) in [5, 5.41) is 5.49. The molecule has 0 unspecified atom stereocenters. The zero-order valence-corrected chi connectivity index (χ0v) is 19.3. The van der Waals surface area contributed by atoms with Crippen molar-refractivity contribution < 1.29 is 22.4 Å². The first-order chi connectivity index (χ1) is 15.6. The number of nitrogens with one attached hydrogen (secondary N) is 2. The van der Waals surface area contributed by atoms with Gasteiger partial charge in [-0.05, 0) is 56.0 Å². The van der Waals surface area contributed by atoms with Crippen molar-refractivity contribution in [2.75, 3.05) is 19.6 Å². The van der Waals surface area contributed by atoms with Crippen LogP contribution in [0.1, 0.15) is 35.7 Å². The van der Waals surface area contributed by atoms with Crippen molar-refractivity contribution in [1.82, 2.24) is 14.9 Å². The van der Waals surface area contributed by atoms with Crippen LogP contribution in [0.25, 0.3) is 0 Å². The molecule has 0 spiro atoms. The zero-order valence-electron chi connectivity index (χ0n) is 18.5. The second-order valence-electron chi connectivity index (χ2n) is 8.29. The van der Waals surface area contributed by atoms with Gasteiger partial charge in [-0.25, -0.2) is 12.8 Å². The predicted molar refractivity (Wildman–Crippen MR) is 124 cm³/mol. The average molecular weight is 474 g/mol. The predicted octanol–water partition coefficient (Wildman–Crippen LogP) is 2.64. The molecule has 1 aliphatic rings. The van der Waals surface area contributed by atoms with Gasteiger partial charge in [-0.3, -0.25) is 9.59 Å². The molecule has 0 radical (unpaired) electrons. The van der Waals surface area contributed by atoms with Gasteiger partial charge in [0, 0.05) is 25.2 Å². The summed E-state index contributed by atoms with van der Waals surface area (Å²) in [5.74, 6) is -1.80. The second kappa shape index (κ2) is 10.3. The molecule has 176 valence electrons. The number of hydrogen-bond acceptors (Lipinski definition) is 4. The van der Waals surface area contributed by atoms with Gasteiger partial charge in [-0.2, -0.15) is 4.31 Å². The van der Waals surface area contributed by atoms with E-state index in [1.54, 1.807) is 0 Å². The third kappa shape index (κ3) is 6.06. The number of carbonyl (C=O) groups is 2. The third-order valence-electron chi connectivity index (χ3n) is 5.80. The zero-order chi connectivity index (χ0) is 24.1. The molecule has 9 heteroatoms. The Morgan fingerprint density at radius 1 is 1.15 bits per heavy atom. The van der Waals surface area contributed by atoms with Crippen molar-refractivity contribution in [2.45, 2.75) is 36.6 Å². The van der Waals surface area contributed by atoms with Gasteiger partial charge in [0.05, 0.1) is 10.5 Å². The highest BCUT2D eigenvalue weighted by Gasteiger charge is 2.36. The Balaban J connectivity index is 1.63. The first-order valence-electron chi connectivity index (χ1n) is 10.7. The number of sulfonamides is 1. The van der Waals surface area contributed by atoms with Crippen LogP contribution in [0.2, 0.25) is 0 Å². The molecule has 2 aromatic rings. The molecule has 2 amide bonds. The maximum atomic E-state index is 14.7. The van der Waals surface area contributed by atoms with Crippen LogP contribution in [0.15, 0.2) is 66.1 Å². The van der Waals surface area contributed by atoms with E-state index in [0.717, 1.165) is 11.6 Å². The van der Waals surface area contributed by atoms with Crippen LogP contribution in [0.4, 0.5) is 4.39 Å². The van der Waals surface area contributed by atoms with E-state index in [9.17, 15) is 22.4 Å². The fraction of sp³-hybridized carbons (Fsp3) is 0.333. The lowest BCUT2D eigenvalue weighted by Gasteiger charge is -2.39. The fourth-order valence-corrected chi connectivity index (χ4v) is 5.20. The van der Waals surface area contributed by atoms with Crippen LogP contribution in [0.3, 0.4) is 0 Å². The highest BCUT2D eigenvalue weighted by atomic mass is 32.2. The molecule has 0 bridgehead atoms. The molecule has 1 fully saturated rings. The lowest BCUT2D eigenvalue weighted by atomic mass is 9.90. The molecule has 0 aromatic heterocycles. The molecule has 7 nitrogen and oxygen atoms in total. The Bertz CT molecular complexity index is 1130. The first-order valence-corrected chi connectivity index (χ1v) is 12.1. The minimum absolute atomic E-state index is 0.180. The van der Waals surface area contributed by atoms with E-state index in [-0.39, 0.29) is 29.5 Å². The normalized spacial score (nSPS) is 16.1. The number of halogens is 1. The molecule has 2 N–H and O–H groups in total. The standard InChI is InChI=1S/C24H28FN3O4S/c1-3-22(29)27-24(2)12-15-28(16-13-24)33(31,32)19-9-10-20(21(25)17-19)23(30)26-14-11-18-7-5-4-6-8-18/h3-10,17H,1,11-16H2,2H3,(H,26,30)(H,27,29). The maximum absolute atomic E-state index is 14.7. The number of amides is 2. The molecule has 1 heterocycles. The van der Waals surface area contributed by atoms with E-state index in [0.29, 0.717) is 25.8 Å². The molecule has 0 aliphatic carbocycles. The fourth-order valence-electron chi connectivity index (χ4n) is 3.74. The van der Waals surface area contributed by atoms with E-state index in [1.807, 2.05) is 37.3 Å². The van der Waals surface area contributed by atoms with Gasteiger partial charge < -0.3 is 10.6 Å². The van der Waals surface area contributed by atoms with Crippen LogP contribution in [0, 0.1) is 5.82 Å². The first kappa shape index (κ1) is 24.6. The maximum Gasteiger partial charge on any atom is 0.254 e. The van der Waals surface area contributed by atoms with Crippen LogP contribution in [0.5, 0.6) is 0 Å². The van der Waals surface area contributed by atoms with Gasteiger partial charge in [0.25, 0.3) is 5.91 Å². The highest BCUT2D eigenvalue weighted by Crippen LogP contribution is 2.27. The van der Waals surface area contributed by atoms with Crippen molar-refractivity contribution >= 4 is 21.8 Å².